The molecule has 2 fully saturated rings. The van der Waals surface area contributed by atoms with Crippen molar-refractivity contribution in [3.8, 4) is 0 Å². The molecule has 0 aromatic heterocycles. The van der Waals surface area contributed by atoms with Gasteiger partial charge in [-0.05, 0) is 55.8 Å². The molecular weight excluding hydrogens is 322 g/mol. The lowest BCUT2D eigenvalue weighted by atomic mass is 9.49. The number of hydrogen-bond acceptors (Lipinski definition) is 2. The largest absolute Gasteiger partial charge is 0.327 e. The zero-order valence-electron chi connectivity index (χ0n) is 15.1. The molecule has 0 aromatic carbocycles. The summed E-state index contributed by atoms with van der Waals surface area (Å²) in [6, 6.07) is 0. The van der Waals surface area contributed by atoms with Gasteiger partial charge in [0, 0.05) is 23.3 Å². The topological polar surface area (TPSA) is 34.1 Å². The van der Waals surface area contributed by atoms with E-state index in [0.29, 0.717) is 18.8 Å². The van der Waals surface area contributed by atoms with Crippen molar-refractivity contribution in [2.24, 2.45) is 34.5 Å². The first-order chi connectivity index (χ1) is 11.6. The van der Waals surface area contributed by atoms with Gasteiger partial charge < -0.3 is 0 Å². The second kappa shape index (κ2) is 5.11. The second-order valence-electron chi connectivity index (χ2n) is 9.03. The first-order valence-corrected chi connectivity index (χ1v) is 9.44. The van der Waals surface area contributed by atoms with Gasteiger partial charge in [0.05, 0.1) is 0 Å². The van der Waals surface area contributed by atoms with Gasteiger partial charge in [0.1, 0.15) is 5.78 Å². The molecule has 0 radical (unpaired) electrons. The number of rotatable bonds is 1. The quantitative estimate of drug-likeness (QED) is 0.641. The van der Waals surface area contributed by atoms with E-state index in [4.69, 9.17) is 0 Å². The molecule has 4 aliphatic rings. The molecule has 0 aromatic rings. The number of fused-ring (bicyclic) bond motifs is 5. The van der Waals surface area contributed by atoms with Crippen molar-refractivity contribution >= 4 is 11.6 Å². The third kappa shape index (κ3) is 2.06. The number of ketones is 2. The number of carbonyl (C=O) groups excluding carboxylic acids is 2. The number of allylic oxidation sites excluding steroid dienone is 4. The Kier molecular flexibility index (Phi) is 3.50. The molecule has 4 heteroatoms. The highest BCUT2D eigenvalue weighted by molar-refractivity contribution is 5.90. The number of halogens is 2. The minimum atomic E-state index is -3.32. The fraction of sp³-hybridized carbons (Fsp3) is 0.714. The van der Waals surface area contributed by atoms with Gasteiger partial charge in [-0.25, -0.2) is 0 Å². The lowest BCUT2D eigenvalue weighted by molar-refractivity contribution is -0.146. The van der Waals surface area contributed by atoms with Crippen molar-refractivity contribution in [1.29, 1.82) is 0 Å². The van der Waals surface area contributed by atoms with Crippen molar-refractivity contribution < 1.29 is 18.4 Å². The van der Waals surface area contributed by atoms with Crippen LogP contribution in [0, 0.1) is 34.5 Å². The summed E-state index contributed by atoms with van der Waals surface area (Å²) in [5, 5.41) is 0. The van der Waals surface area contributed by atoms with E-state index in [0.717, 1.165) is 12.8 Å². The van der Waals surface area contributed by atoms with Gasteiger partial charge in [-0.15, -0.1) is 0 Å². The molecule has 0 saturated heterocycles. The Morgan fingerprint density at radius 1 is 1.24 bits per heavy atom. The van der Waals surface area contributed by atoms with E-state index < -0.39 is 17.1 Å². The van der Waals surface area contributed by atoms with Crippen LogP contribution < -0.4 is 0 Å². The minimum absolute atomic E-state index is 0.0373. The maximum atomic E-state index is 14.6. The zero-order chi connectivity index (χ0) is 18.2. The molecule has 0 unspecified atom stereocenters. The van der Waals surface area contributed by atoms with Crippen LogP contribution in [0.25, 0.3) is 0 Å². The molecule has 25 heavy (non-hydrogen) atoms. The van der Waals surface area contributed by atoms with Gasteiger partial charge in [0.25, 0.3) is 0 Å². The molecule has 0 spiro atoms. The monoisotopic (exact) mass is 348 g/mol. The minimum Gasteiger partial charge on any atom is -0.300 e. The lowest BCUT2D eigenvalue weighted by Crippen LogP contribution is -2.53. The van der Waals surface area contributed by atoms with E-state index in [1.54, 1.807) is 13.0 Å². The normalized spacial score (nSPS) is 47.6. The van der Waals surface area contributed by atoms with Crippen LogP contribution in [0.15, 0.2) is 23.8 Å². The maximum absolute atomic E-state index is 14.6. The van der Waals surface area contributed by atoms with Crippen LogP contribution in [0.5, 0.6) is 0 Å². The van der Waals surface area contributed by atoms with E-state index in [1.165, 1.54) is 0 Å². The Balaban J connectivity index is 1.76. The Bertz CT molecular complexity index is 707. The van der Waals surface area contributed by atoms with Gasteiger partial charge >= 0.3 is 5.92 Å². The zero-order valence-corrected chi connectivity index (χ0v) is 15.1. The van der Waals surface area contributed by atoms with Crippen LogP contribution in [-0.2, 0) is 9.59 Å². The summed E-state index contributed by atoms with van der Waals surface area (Å²) in [5.74, 6) is -3.28. The summed E-state index contributed by atoms with van der Waals surface area (Å²) in [6.07, 6.45) is 8.86. The summed E-state index contributed by atoms with van der Waals surface area (Å²) >= 11 is 0. The van der Waals surface area contributed by atoms with Gasteiger partial charge in [-0.2, -0.15) is 8.78 Å². The van der Waals surface area contributed by atoms with E-state index >= 15 is 0 Å². The van der Waals surface area contributed by atoms with Crippen LogP contribution >= 0.6 is 0 Å². The van der Waals surface area contributed by atoms with Gasteiger partial charge in [0.2, 0.25) is 5.78 Å². The Morgan fingerprint density at radius 3 is 2.64 bits per heavy atom. The molecule has 0 N–H and O–H groups in total. The predicted molar refractivity (Wildman–Crippen MR) is 91.1 cm³/mol. The molecule has 136 valence electrons. The molecule has 2 nitrogen and oxygen atoms in total. The van der Waals surface area contributed by atoms with Crippen LogP contribution in [0.3, 0.4) is 0 Å². The van der Waals surface area contributed by atoms with Gasteiger partial charge in [-0.1, -0.05) is 32.1 Å². The highest BCUT2D eigenvalue weighted by Gasteiger charge is 2.62. The summed E-state index contributed by atoms with van der Waals surface area (Å²) < 4.78 is 29.1. The third-order valence-electron chi connectivity index (χ3n) is 7.95. The van der Waals surface area contributed by atoms with Crippen molar-refractivity contribution in [3.05, 3.63) is 23.8 Å². The van der Waals surface area contributed by atoms with Crippen LogP contribution in [0.4, 0.5) is 8.78 Å². The lowest BCUT2D eigenvalue weighted by Gasteiger charge is -2.55. The second-order valence-corrected chi connectivity index (χ2v) is 9.03. The average molecular weight is 348 g/mol. The molecule has 4 rings (SSSR count). The van der Waals surface area contributed by atoms with E-state index in [9.17, 15) is 18.4 Å². The van der Waals surface area contributed by atoms with E-state index in [1.807, 2.05) is 6.92 Å². The molecular formula is C21H26F2O2. The first-order valence-electron chi connectivity index (χ1n) is 9.44. The average Bonchev–Trinajstić information content (AvgIpc) is 2.89. The molecule has 0 bridgehead atoms. The molecule has 0 amide bonds. The first kappa shape index (κ1) is 17.1. The van der Waals surface area contributed by atoms with Crippen molar-refractivity contribution in [2.45, 2.75) is 58.8 Å². The van der Waals surface area contributed by atoms with E-state index in [-0.39, 0.29) is 40.9 Å². The molecule has 2 saturated carbocycles. The van der Waals surface area contributed by atoms with Crippen LogP contribution in [-0.4, -0.2) is 17.5 Å². The standard InChI is InChI=1S/C21H26F2O2/c1-12(24)14-5-6-15-13-4-7-17-20(3,11-9-18(25)21(17,22)23)16(13)8-10-19(14,15)2/h7-8,10,13-16H,4-6,9,11H2,1-3H3/t13-,14+,15-,16-,19+,20+/m0/s1. The van der Waals surface area contributed by atoms with Crippen molar-refractivity contribution in [3.63, 3.8) is 0 Å². The number of carbonyl (C=O) groups is 2. The van der Waals surface area contributed by atoms with E-state index in [2.05, 4.69) is 19.1 Å². The van der Waals surface area contributed by atoms with Gasteiger partial charge in [-0.3, -0.25) is 9.59 Å². The van der Waals surface area contributed by atoms with Gasteiger partial charge in [0.15, 0.2) is 0 Å². The molecule has 0 heterocycles. The fourth-order valence-corrected chi connectivity index (χ4v) is 6.62. The molecule has 4 aliphatic carbocycles. The predicted octanol–water partition coefficient (Wildman–Crippen LogP) is 4.74. The summed E-state index contributed by atoms with van der Waals surface area (Å²) in [4.78, 5) is 23.9. The molecule has 0 aliphatic heterocycles. The Labute approximate surface area is 147 Å². The Morgan fingerprint density at radius 2 is 1.96 bits per heavy atom. The fourth-order valence-electron chi connectivity index (χ4n) is 6.62. The molecule has 6 atom stereocenters. The van der Waals surface area contributed by atoms with Crippen molar-refractivity contribution in [2.75, 3.05) is 0 Å². The van der Waals surface area contributed by atoms with Crippen LogP contribution in [0.1, 0.15) is 52.9 Å². The number of Topliss-reactive ketones (excluding diaryl/α,β-unsaturated/α-hetero) is 2. The Hall–Kier alpha value is -1.32. The van der Waals surface area contributed by atoms with Crippen molar-refractivity contribution in [1.82, 2.24) is 0 Å². The SMILES string of the molecule is CC(=O)[C@H]1CC[C@H]2[C@@H]3CC=C4C(F)(F)C(=O)CC[C@]4(C)[C@H]3C=C[C@]12C. The van der Waals surface area contributed by atoms with Crippen LogP contribution in [0.2, 0.25) is 0 Å². The summed E-state index contributed by atoms with van der Waals surface area (Å²) in [6.45, 7) is 5.76. The number of hydrogen-bond donors (Lipinski definition) is 0. The third-order valence-corrected chi connectivity index (χ3v) is 7.95. The highest BCUT2D eigenvalue weighted by Crippen LogP contribution is 2.65. The number of alkyl halides is 2. The maximum Gasteiger partial charge on any atom is 0.327 e. The smallest absolute Gasteiger partial charge is 0.300 e. The summed E-state index contributed by atoms with van der Waals surface area (Å²) in [7, 11) is 0. The summed E-state index contributed by atoms with van der Waals surface area (Å²) in [5.41, 5.74) is -0.749. The highest BCUT2D eigenvalue weighted by atomic mass is 19.3.